The second-order valence-electron chi connectivity index (χ2n) is 16.1. The Balaban J connectivity index is 1.48. The molecule has 6 N–H and O–H groups in total. The van der Waals surface area contributed by atoms with Crippen LogP contribution in [-0.2, 0) is 59.8 Å². The number of rotatable bonds is 11. The summed E-state index contributed by atoms with van der Waals surface area (Å²) in [6.45, 7) is 5.62. The summed E-state index contributed by atoms with van der Waals surface area (Å²) >= 11 is 1.24. The lowest BCUT2D eigenvalue weighted by Gasteiger charge is -2.32. The maximum atomic E-state index is 14.5. The van der Waals surface area contributed by atoms with Gasteiger partial charge in [-0.25, -0.2) is 9.78 Å². The molecular weight excluding hydrogens is 875 g/mol. The first-order chi connectivity index (χ1) is 30.3. The Morgan fingerprint density at radius 1 is 1.05 bits per heavy atom. The standard InChI is InChI=1S/C42H55N7O13S2/c1-6-24(3)34-35(51)38(54)44-29(19-26-11-13-28(50)14-12-26)39-43-27(22-63-39)18-23(2)17-25(4)42(57)62-21-30(40(55)48-15-8-10-33(48)37(53)46-34)45-36(52)32-9-7-16-49(32)41(56)31(20-61-5)47-64(58,59)60/h11-14,17-18,22,24,29-34,47,50H,6-10,15-16,19-21H2,1-5H3,(H,44,54)(H,45,52)(H,46,53)(H,58,59,60)/b23-18+,25-17-/t24-,29+,30-,31-,32-,33?,34+/m1/s1. The molecule has 4 heterocycles. The summed E-state index contributed by atoms with van der Waals surface area (Å²) in [5.41, 5.74) is 1.92. The Bertz CT molecular complexity index is 2260. The van der Waals surface area contributed by atoms with Gasteiger partial charge in [0.25, 0.3) is 5.91 Å². The Labute approximate surface area is 375 Å². The number of Topliss-reactive ketones (excluding diaryl/α,β-unsaturated/α-hetero) is 1. The van der Waals surface area contributed by atoms with Gasteiger partial charge in [-0.05, 0) is 87.3 Å². The van der Waals surface area contributed by atoms with Crippen molar-refractivity contribution in [2.45, 2.75) is 102 Å². The number of phenols is 1. The lowest BCUT2D eigenvalue weighted by atomic mass is 9.94. The van der Waals surface area contributed by atoms with Crippen LogP contribution in [0, 0.1) is 5.92 Å². The number of fused-ring (bicyclic) bond motifs is 3. The molecule has 0 spiro atoms. The number of nitrogens with zero attached hydrogens (tertiary/aromatic N) is 3. The fourth-order valence-electron chi connectivity index (χ4n) is 7.82. The van der Waals surface area contributed by atoms with Crippen LogP contribution in [0.2, 0.25) is 0 Å². The predicted molar refractivity (Wildman–Crippen MR) is 231 cm³/mol. The molecule has 22 heteroatoms. The van der Waals surface area contributed by atoms with Gasteiger partial charge in [0.2, 0.25) is 29.4 Å². The molecule has 3 aliphatic heterocycles. The van der Waals surface area contributed by atoms with Crippen molar-refractivity contribution in [3.8, 4) is 5.75 Å². The number of aromatic nitrogens is 1. The number of hydrogen-bond donors (Lipinski definition) is 6. The highest BCUT2D eigenvalue weighted by molar-refractivity contribution is 7.83. The molecule has 20 nitrogen and oxygen atoms in total. The van der Waals surface area contributed by atoms with Gasteiger partial charge in [-0.3, -0.25) is 33.3 Å². The van der Waals surface area contributed by atoms with Crippen LogP contribution in [0.25, 0.3) is 6.08 Å². The highest BCUT2D eigenvalue weighted by Gasteiger charge is 2.43. The van der Waals surface area contributed by atoms with E-state index in [9.17, 15) is 51.6 Å². The van der Waals surface area contributed by atoms with Gasteiger partial charge in [-0.1, -0.05) is 32.4 Å². The topological polar surface area (TPSA) is 280 Å². The zero-order valence-corrected chi connectivity index (χ0v) is 37.8. The SMILES string of the molecule is CC[C@@H](C)[C@@H]1NC(=O)C2CCCN2C(=O)[C@H](NC(=O)[C@H]2CCCN2C(=O)[C@@H](COC)NS(=O)(=O)O)COC(=O)/C(C)=C\C(C)=C\c2csc(n2)[C@H](Cc2ccc(O)cc2)NC(=O)C1=O. The maximum absolute atomic E-state index is 14.5. The molecule has 2 fully saturated rings. The molecule has 1 unspecified atom stereocenters. The van der Waals surface area contributed by atoms with Crippen LogP contribution in [-0.4, -0.2) is 138 Å². The van der Waals surface area contributed by atoms with Gasteiger partial charge < -0.3 is 40.3 Å². The van der Waals surface area contributed by atoms with Gasteiger partial charge in [0.15, 0.2) is 0 Å². The van der Waals surface area contributed by atoms with E-state index < -0.39 is 107 Å². The molecule has 2 bridgehead atoms. The van der Waals surface area contributed by atoms with E-state index in [4.69, 9.17) is 14.5 Å². The largest absolute Gasteiger partial charge is 0.508 e. The minimum atomic E-state index is -4.86. The number of ketones is 1. The number of cyclic esters (lactones) is 1. The molecule has 0 saturated carbocycles. The third-order valence-corrected chi connectivity index (χ3v) is 12.8. The fourth-order valence-corrected chi connectivity index (χ4v) is 9.17. The van der Waals surface area contributed by atoms with Crippen molar-refractivity contribution >= 4 is 69.0 Å². The van der Waals surface area contributed by atoms with E-state index in [1.165, 1.54) is 48.5 Å². The summed E-state index contributed by atoms with van der Waals surface area (Å²) in [4.78, 5) is 104. The number of thiazole rings is 1. The minimum Gasteiger partial charge on any atom is -0.508 e. The van der Waals surface area contributed by atoms with Crippen LogP contribution in [0.15, 0.2) is 46.9 Å². The highest BCUT2D eigenvalue weighted by atomic mass is 32.2. The molecule has 5 rings (SSSR count). The molecule has 1 aromatic heterocycles. The number of phenolic OH excluding ortho intramolecular Hbond substituents is 1. The number of benzene rings is 1. The average molecular weight is 930 g/mol. The summed E-state index contributed by atoms with van der Waals surface area (Å²) in [6, 6.07) is -1.27. The molecule has 7 atom stereocenters. The number of likely N-dealkylation sites (tertiary alicyclic amines) is 1. The summed E-state index contributed by atoms with van der Waals surface area (Å²) in [6.07, 6.45) is 4.76. The summed E-state index contributed by atoms with van der Waals surface area (Å²) in [7, 11) is -3.64. The molecular formula is C42H55N7O13S2. The van der Waals surface area contributed by atoms with Gasteiger partial charge in [0.1, 0.15) is 41.5 Å². The van der Waals surface area contributed by atoms with Crippen molar-refractivity contribution in [2.75, 3.05) is 33.4 Å². The Kier molecular flexibility index (Phi) is 16.9. The normalized spacial score (nSPS) is 25.7. The smallest absolute Gasteiger partial charge is 0.334 e. The molecule has 5 amide bonds. The van der Waals surface area contributed by atoms with Gasteiger partial charge in [0, 0.05) is 31.2 Å². The summed E-state index contributed by atoms with van der Waals surface area (Å²) in [5.74, 6) is -6.43. The number of ether oxygens (including phenoxy) is 2. The average Bonchev–Trinajstić information content (AvgIpc) is 4.05. The van der Waals surface area contributed by atoms with E-state index in [0.717, 1.165) is 10.5 Å². The minimum absolute atomic E-state index is 0.0263. The molecule has 0 aliphatic carbocycles. The Morgan fingerprint density at radius 2 is 1.75 bits per heavy atom. The second kappa shape index (κ2) is 21.9. The van der Waals surface area contributed by atoms with Crippen LogP contribution in [0.1, 0.15) is 82.1 Å². The number of esters is 1. The molecule has 1 aromatic carbocycles. The lowest BCUT2D eigenvalue weighted by Crippen LogP contribution is -2.60. The van der Waals surface area contributed by atoms with Crippen LogP contribution in [0.5, 0.6) is 5.75 Å². The zero-order valence-electron chi connectivity index (χ0n) is 36.2. The number of methoxy groups -OCH3 is 1. The second-order valence-corrected chi connectivity index (χ2v) is 18.2. The van der Waals surface area contributed by atoms with E-state index >= 15 is 0 Å². The van der Waals surface area contributed by atoms with Crippen LogP contribution < -0.4 is 20.7 Å². The molecule has 3 aliphatic rings. The number of carbonyl (C=O) groups excluding carboxylic acids is 7. The third kappa shape index (κ3) is 12.8. The molecule has 2 saturated heterocycles. The zero-order chi connectivity index (χ0) is 46.9. The van der Waals surface area contributed by atoms with E-state index in [-0.39, 0.29) is 43.7 Å². The molecule has 64 heavy (non-hydrogen) atoms. The van der Waals surface area contributed by atoms with Crippen molar-refractivity contribution in [3.63, 3.8) is 0 Å². The summed E-state index contributed by atoms with van der Waals surface area (Å²) in [5, 5.41) is 20.2. The highest BCUT2D eigenvalue weighted by Crippen LogP contribution is 2.27. The number of nitrogens with one attached hydrogen (secondary N) is 4. The molecule has 348 valence electrons. The van der Waals surface area contributed by atoms with E-state index in [1.807, 2.05) is 0 Å². The first kappa shape index (κ1) is 49.5. The van der Waals surface area contributed by atoms with Crippen LogP contribution >= 0.6 is 11.3 Å². The van der Waals surface area contributed by atoms with Gasteiger partial charge in [0.05, 0.1) is 24.4 Å². The maximum Gasteiger partial charge on any atom is 0.334 e. The quantitative estimate of drug-likeness (QED) is 0.105. The van der Waals surface area contributed by atoms with Gasteiger partial charge in [-0.2, -0.15) is 13.1 Å². The van der Waals surface area contributed by atoms with Gasteiger partial charge in [-0.15, -0.1) is 11.3 Å². The lowest BCUT2D eigenvalue weighted by molar-refractivity contribution is -0.149. The first-order valence-corrected chi connectivity index (χ1v) is 23.2. The fraction of sp³-hybridized carbons (Fsp3) is 0.524. The van der Waals surface area contributed by atoms with Crippen molar-refractivity contribution in [3.05, 3.63) is 63.1 Å². The van der Waals surface area contributed by atoms with Crippen molar-refractivity contribution in [1.82, 2.24) is 35.5 Å². The van der Waals surface area contributed by atoms with Crippen molar-refractivity contribution in [2.24, 2.45) is 5.92 Å². The monoisotopic (exact) mass is 929 g/mol. The number of hydrogen-bond acceptors (Lipinski definition) is 14. The van der Waals surface area contributed by atoms with E-state index in [1.54, 1.807) is 49.1 Å². The molecule has 2 aromatic rings. The van der Waals surface area contributed by atoms with Crippen LogP contribution in [0.4, 0.5) is 0 Å². The predicted octanol–water partition coefficient (Wildman–Crippen LogP) is 1.13. The number of aromatic hydroxyl groups is 1. The number of allylic oxidation sites excluding steroid dienone is 2. The van der Waals surface area contributed by atoms with Crippen LogP contribution in [0.3, 0.4) is 0 Å². The molecule has 0 radical (unpaired) electrons. The van der Waals surface area contributed by atoms with Crippen molar-refractivity contribution < 1.29 is 61.1 Å². The number of carbonyl (C=O) groups is 7. The first-order valence-electron chi connectivity index (χ1n) is 20.9. The summed E-state index contributed by atoms with van der Waals surface area (Å²) < 4.78 is 45.0. The van der Waals surface area contributed by atoms with E-state index in [0.29, 0.717) is 35.5 Å². The van der Waals surface area contributed by atoms with Crippen molar-refractivity contribution in [1.29, 1.82) is 0 Å². The van der Waals surface area contributed by atoms with Gasteiger partial charge >= 0.3 is 16.3 Å². The van der Waals surface area contributed by atoms with E-state index in [2.05, 4.69) is 16.0 Å². The Hall–Kier alpha value is -5.55. The number of amides is 5. The third-order valence-electron chi connectivity index (χ3n) is 11.3. The Morgan fingerprint density at radius 3 is 2.42 bits per heavy atom.